The summed E-state index contributed by atoms with van der Waals surface area (Å²) in [7, 11) is 1.95. The van der Waals surface area contributed by atoms with Crippen molar-refractivity contribution in [3.8, 4) is 0 Å². The van der Waals surface area contributed by atoms with Crippen LogP contribution in [0.25, 0.3) is 5.57 Å². The van der Waals surface area contributed by atoms with Crippen LogP contribution in [0, 0.1) is 0 Å². The number of carbonyl (C=O) groups excluding carboxylic acids is 1. The minimum absolute atomic E-state index is 0.124. The first kappa shape index (κ1) is 20.4. The zero-order valence-electron chi connectivity index (χ0n) is 18.3. The van der Waals surface area contributed by atoms with Gasteiger partial charge in [0, 0.05) is 62.5 Å². The number of amides is 1. The lowest BCUT2D eigenvalue weighted by Gasteiger charge is -2.29. The summed E-state index contributed by atoms with van der Waals surface area (Å²) in [5.74, 6) is -0.125. The molecule has 32 heavy (non-hydrogen) atoms. The summed E-state index contributed by atoms with van der Waals surface area (Å²) in [5.41, 5.74) is 6.24. The molecule has 0 spiro atoms. The predicted octanol–water partition coefficient (Wildman–Crippen LogP) is 2.53. The molecular formula is C24H26N6O2. The summed E-state index contributed by atoms with van der Waals surface area (Å²) in [4.78, 5) is 28.3. The van der Waals surface area contributed by atoms with E-state index < -0.39 is 0 Å². The first-order valence-electron chi connectivity index (χ1n) is 10.9. The molecule has 1 atom stereocenters. The van der Waals surface area contributed by atoms with E-state index in [2.05, 4.69) is 37.3 Å². The van der Waals surface area contributed by atoms with E-state index in [1.807, 2.05) is 43.2 Å². The fraction of sp³-hybridized carbons (Fsp3) is 0.333. The Kier molecular flexibility index (Phi) is 5.45. The Hall–Kier alpha value is -3.52. The Morgan fingerprint density at radius 3 is 2.66 bits per heavy atom. The number of aryl methyl sites for hydroxylation is 1. The topological polar surface area (TPSA) is 85.2 Å². The Morgan fingerprint density at radius 2 is 1.94 bits per heavy atom. The number of carbonyl (C=O) groups is 1. The average Bonchev–Trinajstić information content (AvgIpc) is 3.45. The van der Waals surface area contributed by atoms with Crippen LogP contribution in [0.15, 0.2) is 49.2 Å². The zero-order valence-corrected chi connectivity index (χ0v) is 18.3. The number of ether oxygens (including phenoxy) is 1. The van der Waals surface area contributed by atoms with E-state index in [-0.39, 0.29) is 17.8 Å². The quantitative estimate of drug-likeness (QED) is 0.670. The Balaban J connectivity index is 1.31. The van der Waals surface area contributed by atoms with Crippen LogP contribution in [-0.4, -0.2) is 51.7 Å². The minimum Gasteiger partial charge on any atom is -0.378 e. The molecule has 2 aliphatic rings. The van der Waals surface area contributed by atoms with Crippen molar-refractivity contribution in [2.75, 3.05) is 31.2 Å². The van der Waals surface area contributed by atoms with Crippen LogP contribution in [0.1, 0.15) is 46.0 Å². The summed E-state index contributed by atoms with van der Waals surface area (Å²) >= 11 is 0. The Labute approximate surface area is 187 Å². The van der Waals surface area contributed by atoms with Gasteiger partial charge in [0.15, 0.2) is 0 Å². The van der Waals surface area contributed by atoms with Crippen LogP contribution in [0.5, 0.6) is 0 Å². The molecule has 1 fully saturated rings. The molecule has 0 aromatic carbocycles. The Morgan fingerprint density at radius 1 is 1.16 bits per heavy atom. The zero-order chi connectivity index (χ0) is 22.1. The van der Waals surface area contributed by atoms with Crippen LogP contribution in [0.4, 0.5) is 5.69 Å². The lowest BCUT2D eigenvalue weighted by molar-refractivity contribution is 0.0929. The normalized spacial score (nSPS) is 16.4. The minimum atomic E-state index is -0.287. The van der Waals surface area contributed by atoms with Gasteiger partial charge in [-0.1, -0.05) is 6.08 Å². The highest BCUT2D eigenvalue weighted by molar-refractivity contribution is 5.91. The predicted molar refractivity (Wildman–Crippen MR) is 121 cm³/mol. The maximum Gasteiger partial charge on any atom is 0.289 e. The van der Waals surface area contributed by atoms with Gasteiger partial charge in [0.05, 0.1) is 36.8 Å². The number of fused-ring (bicyclic) bond motifs is 1. The number of nitrogens with one attached hydrogen (secondary N) is 1. The second kappa shape index (κ2) is 8.55. The highest BCUT2D eigenvalue weighted by Gasteiger charge is 2.21. The molecule has 4 heterocycles. The number of anilines is 1. The number of pyridine rings is 1. The molecule has 1 unspecified atom stereocenters. The van der Waals surface area contributed by atoms with Crippen molar-refractivity contribution < 1.29 is 9.53 Å². The maximum atomic E-state index is 12.6. The summed E-state index contributed by atoms with van der Waals surface area (Å²) in [6, 6.07) is 4.05. The molecule has 3 aromatic rings. The van der Waals surface area contributed by atoms with Gasteiger partial charge in [-0.05, 0) is 30.2 Å². The van der Waals surface area contributed by atoms with Crippen molar-refractivity contribution >= 4 is 17.2 Å². The van der Waals surface area contributed by atoms with Gasteiger partial charge in [0.2, 0.25) is 5.82 Å². The van der Waals surface area contributed by atoms with Crippen molar-refractivity contribution in [1.82, 2.24) is 24.8 Å². The maximum absolute atomic E-state index is 12.6. The van der Waals surface area contributed by atoms with E-state index in [9.17, 15) is 4.79 Å². The highest BCUT2D eigenvalue weighted by Crippen LogP contribution is 2.33. The number of hydrogen-bond donors (Lipinski definition) is 1. The molecule has 0 radical (unpaired) electrons. The molecule has 1 aliphatic carbocycles. The van der Waals surface area contributed by atoms with Crippen molar-refractivity contribution in [2.45, 2.75) is 19.4 Å². The van der Waals surface area contributed by atoms with E-state index in [1.165, 1.54) is 0 Å². The fourth-order valence-corrected chi connectivity index (χ4v) is 4.16. The fourth-order valence-electron chi connectivity index (χ4n) is 4.16. The molecule has 3 aromatic heterocycles. The first-order chi connectivity index (χ1) is 15.6. The lowest BCUT2D eigenvalue weighted by atomic mass is 10.0. The van der Waals surface area contributed by atoms with E-state index >= 15 is 0 Å². The molecule has 1 aliphatic heterocycles. The van der Waals surface area contributed by atoms with Gasteiger partial charge in [-0.25, -0.2) is 9.97 Å². The summed E-state index contributed by atoms with van der Waals surface area (Å²) in [6.45, 7) is 5.16. The third kappa shape index (κ3) is 4.01. The van der Waals surface area contributed by atoms with Crippen LogP contribution < -0.4 is 10.2 Å². The lowest BCUT2D eigenvalue weighted by Crippen LogP contribution is -2.36. The van der Waals surface area contributed by atoms with Crippen LogP contribution in [-0.2, 0) is 18.2 Å². The largest absolute Gasteiger partial charge is 0.378 e. The van der Waals surface area contributed by atoms with Crippen molar-refractivity contribution in [2.24, 2.45) is 7.05 Å². The summed E-state index contributed by atoms with van der Waals surface area (Å²) in [6.07, 6.45) is 12.3. The molecule has 1 saturated heterocycles. The SMILES string of the molecule is CC(NC(=O)c1ncc(C2=CCc3ncc(N4CCOCC4)cc32)cn1)c1ccn(C)c1. The van der Waals surface area contributed by atoms with Gasteiger partial charge < -0.3 is 19.5 Å². The van der Waals surface area contributed by atoms with E-state index in [4.69, 9.17) is 4.74 Å². The second-order valence-corrected chi connectivity index (χ2v) is 8.21. The van der Waals surface area contributed by atoms with Crippen LogP contribution in [0.2, 0.25) is 0 Å². The van der Waals surface area contributed by atoms with E-state index in [0.717, 1.165) is 66.4 Å². The van der Waals surface area contributed by atoms with Crippen molar-refractivity contribution in [3.05, 3.63) is 77.4 Å². The van der Waals surface area contributed by atoms with E-state index in [1.54, 1.807) is 12.4 Å². The summed E-state index contributed by atoms with van der Waals surface area (Å²) in [5, 5.41) is 2.96. The van der Waals surface area contributed by atoms with Gasteiger partial charge in [-0.3, -0.25) is 9.78 Å². The van der Waals surface area contributed by atoms with Gasteiger partial charge in [0.1, 0.15) is 0 Å². The molecule has 8 heteroatoms. The van der Waals surface area contributed by atoms with E-state index in [0.29, 0.717) is 0 Å². The van der Waals surface area contributed by atoms with Gasteiger partial charge in [-0.15, -0.1) is 0 Å². The van der Waals surface area contributed by atoms with Crippen molar-refractivity contribution in [3.63, 3.8) is 0 Å². The number of allylic oxidation sites excluding steroid dienone is 1. The number of morpholine rings is 1. The Bertz CT molecular complexity index is 1160. The second-order valence-electron chi connectivity index (χ2n) is 8.21. The van der Waals surface area contributed by atoms with Gasteiger partial charge in [0.25, 0.3) is 5.91 Å². The third-order valence-electron chi connectivity index (χ3n) is 5.99. The summed E-state index contributed by atoms with van der Waals surface area (Å²) < 4.78 is 7.42. The molecule has 1 amide bonds. The smallest absolute Gasteiger partial charge is 0.289 e. The molecule has 164 valence electrons. The molecule has 8 nitrogen and oxygen atoms in total. The molecule has 0 bridgehead atoms. The number of hydrogen-bond acceptors (Lipinski definition) is 6. The van der Waals surface area contributed by atoms with Crippen molar-refractivity contribution in [1.29, 1.82) is 0 Å². The number of aromatic nitrogens is 4. The molecule has 0 saturated carbocycles. The van der Waals surface area contributed by atoms with Crippen LogP contribution >= 0.6 is 0 Å². The highest BCUT2D eigenvalue weighted by atomic mass is 16.5. The molecule has 5 rings (SSSR count). The average molecular weight is 431 g/mol. The van der Waals surface area contributed by atoms with Gasteiger partial charge in [-0.2, -0.15) is 0 Å². The van der Waals surface area contributed by atoms with Crippen LogP contribution in [0.3, 0.4) is 0 Å². The van der Waals surface area contributed by atoms with Gasteiger partial charge >= 0.3 is 0 Å². The monoisotopic (exact) mass is 430 g/mol. The molecule has 1 N–H and O–H groups in total. The number of nitrogens with zero attached hydrogens (tertiary/aromatic N) is 5. The molecular weight excluding hydrogens is 404 g/mol. The standard InChI is InChI=1S/C24H26N6O2/c1-16(17-5-6-29(2)15-17)28-24(31)23-26-12-18(13-27-23)20-3-4-22-21(20)11-19(14-25-22)30-7-9-32-10-8-30/h3,5-6,11-16H,4,7-10H2,1-2H3,(H,28,31). The third-order valence-corrected chi connectivity index (χ3v) is 5.99. The first-order valence-corrected chi connectivity index (χ1v) is 10.9. The number of rotatable bonds is 5.